The standard InChI is InChI=1S/C10H14N2O2/c1-3-14-10(13)5-8-4-7(2)12-6-9(8)11/h4,6H,3,5,11H2,1-2H3. The van der Waals surface area contributed by atoms with Crippen LogP contribution in [-0.2, 0) is 16.0 Å². The Kier molecular flexibility index (Phi) is 3.45. The van der Waals surface area contributed by atoms with Crippen LogP contribution in [0.2, 0.25) is 0 Å². The molecule has 0 atom stereocenters. The molecule has 0 amide bonds. The van der Waals surface area contributed by atoms with Gasteiger partial charge in [-0.2, -0.15) is 0 Å². The van der Waals surface area contributed by atoms with Gasteiger partial charge in [0.2, 0.25) is 0 Å². The topological polar surface area (TPSA) is 65.2 Å². The fourth-order valence-electron chi connectivity index (χ4n) is 1.15. The highest BCUT2D eigenvalue weighted by molar-refractivity contribution is 5.74. The van der Waals surface area contributed by atoms with Crippen LogP contribution < -0.4 is 5.73 Å². The van der Waals surface area contributed by atoms with E-state index in [9.17, 15) is 4.79 Å². The van der Waals surface area contributed by atoms with Crippen molar-refractivity contribution in [3.63, 3.8) is 0 Å². The number of rotatable bonds is 3. The van der Waals surface area contributed by atoms with E-state index in [2.05, 4.69) is 4.98 Å². The quantitative estimate of drug-likeness (QED) is 0.731. The third-order valence-corrected chi connectivity index (χ3v) is 1.80. The zero-order chi connectivity index (χ0) is 10.6. The predicted molar refractivity (Wildman–Crippen MR) is 53.7 cm³/mol. The molecule has 2 N–H and O–H groups in total. The lowest BCUT2D eigenvalue weighted by atomic mass is 10.1. The van der Waals surface area contributed by atoms with Crippen LogP contribution in [0.25, 0.3) is 0 Å². The lowest BCUT2D eigenvalue weighted by Gasteiger charge is -2.05. The zero-order valence-electron chi connectivity index (χ0n) is 8.41. The molecule has 14 heavy (non-hydrogen) atoms. The second-order valence-corrected chi connectivity index (χ2v) is 3.01. The van der Waals surface area contributed by atoms with Gasteiger partial charge in [-0.1, -0.05) is 0 Å². The molecular formula is C10H14N2O2. The number of carbonyl (C=O) groups is 1. The molecule has 0 spiro atoms. The van der Waals surface area contributed by atoms with Crippen molar-refractivity contribution in [2.45, 2.75) is 20.3 Å². The fraction of sp³-hybridized carbons (Fsp3) is 0.400. The van der Waals surface area contributed by atoms with Gasteiger partial charge in [-0.15, -0.1) is 0 Å². The molecule has 0 aliphatic rings. The number of carbonyl (C=O) groups excluding carboxylic acids is 1. The number of nitrogen functional groups attached to an aromatic ring is 1. The summed E-state index contributed by atoms with van der Waals surface area (Å²) in [7, 11) is 0. The molecule has 1 rings (SSSR count). The molecule has 0 saturated carbocycles. The van der Waals surface area contributed by atoms with Crippen molar-refractivity contribution < 1.29 is 9.53 Å². The number of hydrogen-bond acceptors (Lipinski definition) is 4. The Morgan fingerprint density at radius 2 is 2.36 bits per heavy atom. The lowest BCUT2D eigenvalue weighted by molar-refractivity contribution is -0.142. The van der Waals surface area contributed by atoms with Gasteiger partial charge < -0.3 is 10.5 Å². The highest BCUT2D eigenvalue weighted by Gasteiger charge is 2.07. The first kappa shape index (κ1) is 10.5. The highest BCUT2D eigenvalue weighted by Crippen LogP contribution is 2.12. The summed E-state index contributed by atoms with van der Waals surface area (Å²) in [6.45, 7) is 4.02. The van der Waals surface area contributed by atoms with E-state index in [1.807, 2.05) is 6.92 Å². The van der Waals surface area contributed by atoms with E-state index in [0.717, 1.165) is 11.3 Å². The Bertz CT molecular complexity index is 337. The molecule has 0 fully saturated rings. The molecule has 76 valence electrons. The van der Waals surface area contributed by atoms with E-state index in [-0.39, 0.29) is 12.4 Å². The number of nitrogens with two attached hydrogens (primary N) is 1. The molecule has 0 aliphatic heterocycles. The van der Waals surface area contributed by atoms with Crippen molar-refractivity contribution in [3.8, 4) is 0 Å². The summed E-state index contributed by atoms with van der Waals surface area (Å²) in [6, 6.07) is 1.80. The highest BCUT2D eigenvalue weighted by atomic mass is 16.5. The number of pyridine rings is 1. The first-order chi connectivity index (χ1) is 6.63. The molecule has 0 bridgehead atoms. The predicted octanol–water partition coefficient (Wildman–Crippen LogP) is 1.08. The van der Waals surface area contributed by atoms with Crippen LogP contribution >= 0.6 is 0 Å². The number of esters is 1. The van der Waals surface area contributed by atoms with Gasteiger partial charge >= 0.3 is 5.97 Å². The Morgan fingerprint density at radius 3 is 3.00 bits per heavy atom. The van der Waals surface area contributed by atoms with Crippen LogP contribution in [0.3, 0.4) is 0 Å². The normalized spacial score (nSPS) is 9.86. The van der Waals surface area contributed by atoms with Crippen molar-refractivity contribution in [3.05, 3.63) is 23.5 Å². The molecular weight excluding hydrogens is 180 g/mol. The summed E-state index contributed by atoms with van der Waals surface area (Å²) < 4.78 is 4.83. The molecule has 0 unspecified atom stereocenters. The van der Waals surface area contributed by atoms with E-state index < -0.39 is 0 Å². The molecule has 1 heterocycles. The minimum absolute atomic E-state index is 0.211. The van der Waals surface area contributed by atoms with E-state index in [0.29, 0.717) is 12.3 Å². The van der Waals surface area contributed by atoms with Crippen molar-refractivity contribution in [2.75, 3.05) is 12.3 Å². The van der Waals surface area contributed by atoms with Gasteiger partial charge in [0.05, 0.1) is 24.9 Å². The lowest BCUT2D eigenvalue weighted by Crippen LogP contribution is -2.09. The molecule has 0 aliphatic carbocycles. The molecule has 1 aromatic heterocycles. The number of nitrogens with zero attached hydrogens (tertiary/aromatic N) is 1. The van der Waals surface area contributed by atoms with Crippen molar-refractivity contribution in [1.29, 1.82) is 0 Å². The smallest absolute Gasteiger partial charge is 0.310 e. The SMILES string of the molecule is CCOC(=O)Cc1cc(C)ncc1N. The van der Waals surface area contributed by atoms with Gasteiger partial charge in [-0.25, -0.2) is 0 Å². The molecule has 0 aromatic carbocycles. The van der Waals surface area contributed by atoms with Crippen LogP contribution in [0.4, 0.5) is 5.69 Å². The Labute approximate surface area is 83.1 Å². The van der Waals surface area contributed by atoms with Crippen LogP contribution in [0.5, 0.6) is 0 Å². The van der Waals surface area contributed by atoms with Crippen LogP contribution in [0.1, 0.15) is 18.2 Å². The van der Waals surface area contributed by atoms with Crippen LogP contribution in [-0.4, -0.2) is 17.6 Å². The van der Waals surface area contributed by atoms with Gasteiger partial charge in [0.15, 0.2) is 0 Å². The molecule has 4 nitrogen and oxygen atoms in total. The second kappa shape index (κ2) is 4.60. The number of aryl methyl sites for hydroxylation is 1. The number of anilines is 1. The van der Waals surface area contributed by atoms with E-state index in [4.69, 9.17) is 10.5 Å². The minimum atomic E-state index is -0.259. The van der Waals surface area contributed by atoms with Gasteiger partial charge in [-0.3, -0.25) is 9.78 Å². The second-order valence-electron chi connectivity index (χ2n) is 3.01. The minimum Gasteiger partial charge on any atom is -0.466 e. The summed E-state index contributed by atoms with van der Waals surface area (Å²) in [5, 5.41) is 0. The van der Waals surface area contributed by atoms with Gasteiger partial charge in [-0.05, 0) is 25.5 Å². The summed E-state index contributed by atoms with van der Waals surface area (Å²) in [4.78, 5) is 15.2. The summed E-state index contributed by atoms with van der Waals surface area (Å²) in [6.07, 6.45) is 1.77. The third kappa shape index (κ3) is 2.73. The maximum atomic E-state index is 11.2. The van der Waals surface area contributed by atoms with Gasteiger partial charge in [0, 0.05) is 5.69 Å². The van der Waals surface area contributed by atoms with Crippen LogP contribution in [0.15, 0.2) is 12.3 Å². The van der Waals surface area contributed by atoms with E-state index in [1.54, 1.807) is 19.2 Å². The summed E-state index contributed by atoms with van der Waals surface area (Å²) >= 11 is 0. The van der Waals surface area contributed by atoms with E-state index >= 15 is 0 Å². The van der Waals surface area contributed by atoms with Crippen LogP contribution in [0, 0.1) is 6.92 Å². The number of ether oxygens (including phenoxy) is 1. The number of aromatic nitrogens is 1. The maximum absolute atomic E-state index is 11.2. The first-order valence-corrected chi connectivity index (χ1v) is 4.50. The molecule has 4 heteroatoms. The Balaban J connectivity index is 2.75. The Morgan fingerprint density at radius 1 is 1.64 bits per heavy atom. The summed E-state index contributed by atoms with van der Waals surface area (Å²) in [5.74, 6) is -0.259. The maximum Gasteiger partial charge on any atom is 0.310 e. The monoisotopic (exact) mass is 194 g/mol. The van der Waals surface area contributed by atoms with Crippen molar-refractivity contribution in [2.24, 2.45) is 0 Å². The largest absolute Gasteiger partial charge is 0.466 e. The van der Waals surface area contributed by atoms with Gasteiger partial charge in [0.25, 0.3) is 0 Å². The Hall–Kier alpha value is -1.58. The zero-order valence-corrected chi connectivity index (χ0v) is 8.41. The fourth-order valence-corrected chi connectivity index (χ4v) is 1.15. The average Bonchev–Trinajstić information content (AvgIpc) is 2.12. The van der Waals surface area contributed by atoms with Gasteiger partial charge in [0.1, 0.15) is 0 Å². The molecule has 1 aromatic rings. The number of hydrogen-bond donors (Lipinski definition) is 1. The summed E-state index contributed by atoms with van der Waals surface area (Å²) in [5.41, 5.74) is 7.81. The third-order valence-electron chi connectivity index (χ3n) is 1.80. The van der Waals surface area contributed by atoms with Crippen molar-refractivity contribution in [1.82, 2.24) is 4.98 Å². The molecule has 0 radical (unpaired) electrons. The first-order valence-electron chi connectivity index (χ1n) is 4.50. The van der Waals surface area contributed by atoms with E-state index in [1.165, 1.54) is 0 Å². The van der Waals surface area contributed by atoms with Crippen molar-refractivity contribution >= 4 is 11.7 Å². The average molecular weight is 194 g/mol. The molecule has 0 saturated heterocycles.